The zero-order chi connectivity index (χ0) is 18.7. The first-order valence-electron chi connectivity index (χ1n) is 8.28. The molecule has 1 N–H and O–H groups in total. The van der Waals surface area contributed by atoms with Crippen LogP contribution in [-0.2, 0) is 12.8 Å². The molecule has 1 aromatic heterocycles. The molecule has 1 aliphatic rings. The molecule has 3 rings (SSSR count). The zero-order valence-corrected chi connectivity index (χ0v) is 15.8. The van der Waals surface area contributed by atoms with E-state index in [0.29, 0.717) is 33.4 Å². The topological polar surface area (TPSA) is 80.6 Å². The molecule has 0 radical (unpaired) electrons. The predicted octanol–water partition coefficient (Wildman–Crippen LogP) is 3.78. The molecule has 136 valence electrons. The van der Waals surface area contributed by atoms with E-state index in [4.69, 9.17) is 14.2 Å². The average molecular weight is 372 g/mol. The summed E-state index contributed by atoms with van der Waals surface area (Å²) in [6.07, 6.45) is 4.07. The molecule has 7 heteroatoms. The van der Waals surface area contributed by atoms with Crippen molar-refractivity contribution in [2.24, 2.45) is 0 Å². The van der Waals surface area contributed by atoms with Crippen LogP contribution in [0.3, 0.4) is 0 Å². The van der Waals surface area contributed by atoms with Gasteiger partial charge in [0, 0.05) is 10.4 Å². The highest BCUT2D eigenvalue weighted by atomic mass is 32.1. The van der Waals surface area contributed by atoms with Crippen LogP contribution >= 0.6 is 11.3 Å². The van der Waals surface area contributed by atoms with Gasteiger partial charge in [0.2, 0.25) is 5.75 Å². The third kappa shape index (κ3) is 3.20. The van der Waals surface area contributed by atoms with Gasteiger partial charge in [-0.2, -0.15) is 5.26 Å². The molecule has 0 atom stereocenters. The fourth-order valence-electron chi connectivity index (χ4n) is 3.16. The van der Waals surface area contributed by atoms with Crippen LogP contribution in [0.4, 0.5) is 5.00 Å². The van der Waals surface area contributed by atoms with Crippen molar-refractivity contribution in [2.75, 3.05) is 26.6 Å². The van der Waals surface area contributed by atoms with Crippen molar-refractivity contribution < 1.29 is 19.0 Å². The van der Waals surface area contributed by atoms with Gasteiger partial charge in [-0.25, -0.2) is 0 Å². The quantitative estimate of drug-likeness (QED) is 0.864. The van der Waals surface area contributed by atoms with Crippen LogP contribution in [0.25, 0.3) is 0 Å². The van der Waals surface area contributed by atoms with Crippen LogP contribution in [0.1, 0.15) is 39.2 Å². The lowest BCUT2D eigenvalue weighted by molar-refractivity contribution is 0.102. The molecule has 0 saturated carbocycles. The SMILES string of the molecule is COc1cc(C(=O)Nc2sc3c(c2C#N)CCCC3)cc(OC)c1OC. The molecule has 26 heavy (non-hydrogen) atoms. The van der Waals surface area contributed by atoms with Crippen LogP contribution in [0.5, 0.6) is 17.2 Å². The van der Waals surface area contributed by atoms with Crippen LogP contribution in [0.2, 0.25) is 0 Å². The van der Waals surface area contributed by atoms with Gasteiger partial charge in [0.25, 0.3) is 5.91 Å². The molecule has 2 aromatic rings. The summed E-state index contributed by atoms with van der Waals surface area (Å²) in [5.41, 5.74) is 2.05. The molecule has 1 aliphatic carbocycles. The number of aryl methyl sites for hydroxylation is 1. The minimum atomic E-state index is -0.320. The lowest BCUT2D eigenvalue weighted by Crippen LogP contribution is -2.12. The van der Waals surface area contributed by atoms with E-state index in [1.807, 2.05) is 0 Å². The van der Waals surface area contributed by atoms with Gasteiger partial charge in [0.1, 0.15) is 11.1 Å². The number of nitrogens with zero attached hydrogens (tertiary/aromatic N) is 1. The van der Waals surface area contributed by atoms with Crippen molar-refractivity contribution >= 4 is 22.2 Å². The summed E-state index contributed by atoms with van der Waals surface area (Å²) < 4.78 is 15.9. The van der Waals surface area contributed by atoms with Crippen molar-refractivity contribution in [1.82, 2.24) is 0 Å². The van der Waals surface area contributed by atoms with Crippen molar-refractivity contribution in [3.05, 3.63) is 33.7 Å². The lowest BCUT2D eigenvalue weighted by atomic mass is 9.96. The Morgan fingerprint density at radius 1 is 1.12 bits per heavy atom. The molecule has 1 heterocycles. The Bertz CT molecular complexity index is 857. The van der Waals surface area contributed by atoms with Gasteiger partial charge in [0.05, 0.1) is 26.9 Å². The number of carbonyl (C=O) groups excluding carboxylic acids is 1. The molecular formula is C19H20N2O4S. The Balaban J connectivity index is 1.94. The number of amides is 1. The number of hydrogen-bond acceptors (Lipinski definition) is 6. The first-order chi connectivity index (χ1) is 12.6. The summed E-state index contributed by atoms with van der Waals surface area (Å²) in [7, 11) is 4.51. The summed E-state index contributed by atoms with van der Waals surface area (Å²) in [5, 5.41) is 13.0. The number of benzene rings is 1. The fourth-order valence-corrected chi connectivity index (χ4v) is 4.39. The molecule has 0 unspecified atom stereocenters. The van der Waals surface area contributed by atoms with E-state index in [0.717, 1.165) is 31.2 Å². The van der Waals surface area contributed by atoms with E-state index < -0.39 is 0 Å². The van der Waals surface area contributed by atoms with E-state index in [2.05, 4.69) is 11.4 Å². The summed E-state index contributed by atoms with van der Waals surface area (Å²) >= 11 is 1.50. The normalized spacial score (nSPS) is 12.7. The highest BCUT2D eigenvalue weighted by molar-refractivity contribution is 7.16. The second-order valence-corrected chi connectivity index (χ2v) is 7.00. The van der Waals surface area contributed by atoms with E-state index >= 15 is 0 Å². The number of nitrogens with one attached hydrogen (secondary N) is 1. The smallest absolute Gasteiger partial charge is 0.256 e. The first kappa shape index (κ1) is 18.1. The molecule has 0 fully saturated rings. The van der Waals surface area contributed by atoms with E-state index in [1.54, 1.807) is 12.1 Å². The Morgan fingerprint density at radius 3 is 2.35 bits per heavy atom. The highest BCUT2D eigenvalue weighted by Gasteiger charge is 2.23. The number of hydrogen-bond donors (Lipinski definition) is 1. The molecular weight excluding hydrogens is 352 g/mol. The number of methoxy groups -OCH3 is 3. The second-order valence-electron chi connectivity index (χ2n) is 5.89. The minimum absolute atomic E-state index is 0.320. The van der Waals surface area contributed by atoms with Crippen LogP contribution in [0.15, 0.2) is 12.1 Å². The molecule has 1 amide bonds. The van der Waals surface area contributed by atoms with Crippen molar-refractivity contribution in [3.63, 3.8) is 0 Å². The van der Waals surface area contributed by atoms with E-state index in [1.165, 1.54) is 37.5 Å². The number of fused-ring (bicyclic) bond motifs is 1. The summed E-state index contributed by atoms with van der Waals surface area (Å²) in [6, 6.07) is 5.44. The molecule has 0 bridgehead atoms. The Kier molecular flexibility index (Phi) is 5.33. The Labute approximate surface area is 156 Å². The molecule has 0 aliphatic heterocycles. The summed E-state index contributed by atoms with van der Waals surface area (Å²) in [4.78, 5) is 14.0. The number of ether oxygens (including phenoxy) is 3. The van der Waals surface area contributed by atoms with Crippen molar-refractivity contribution in [2.45, 2.75) is 25.7 Å². The van der Waals surface area contributed by atoms with Crippen LogP contribution in [0, 0.1) is 11.3 Å². The van der Waals surface area contributed by atoms with E-state index in [9.17, 15) is 10.1 Å². The molecule has 0 saturated heterocycles. The third-order valence-electron chi connectivity index (χ3n) is 4.44. The lowest BCUT2D eigenvalue weighted by Gasteiger charge is -2.14. The Hall–Kier alpha value is -2.72. The first-order valence-corrected chi connectivity index (χ1v) is 9.10. The largest absolute Gasteiger partial charge is 0.493 e. The molecule has 6 nitrogen and oxygen atoms in total. The predicted molar refractivity (Wildman–Crippen MR) is 99.7 cm³/mol. The van der Waals surface area contributed by atoms with E-state index in [-0.39, 0.29) is 5.91 Å². The maximum absolute atomic E-state index is 12.8. The number of nitriles is 1. The van der Waals surface area contributed by atoms with Gasteiger partial charge >= 0.3 is 0 Å². The second kappa shape index (κ2) is 7.67. The molecule has 1 aromatic carbocycles. The maximum atomic E-state index is 12.8. The molecule has 0 spiro atoms. The fraction of sp³-hybridized carbons (Fsp3) is 0.368. The van der Waals surface area contributed by atoms with Gasteiger partial charge in [-0.3, -0.25) is 4.79 Å². The van der Waals surface area contributed by atoms with Gasteiger partial charge in [-0.15, -0.1) is 11.3 Å². The maximum Gasteiger partial charge on any atom is 0.256 e. The Morgan fingerprint density at radius 2 is 1.77 bits per heavy atom. The zero-order valence-electron chi connectivity index (χ0n) is 15.0. The van der Waals surface area contributed by atoms with Crippen molar-refractivity contribution in [1.29, 1.82) is 5.26 Å². The van der Waals surface area contributed by atoms with Crippen LogP contribution in [-0.4, -0.2) is 27.2 Å². The monoisotopic (exact) mass is 372 g/mol. The van der Waals surface area contributed by atoms with Crippen molar-refractivity contribution in [3.8, 4) is 23.3 Å². The number of rotatable bonds is 5. The van der Waals surface area contributed by atoms with Crippen LogP contribution < -0.4 is 19.5 Å². The third-order valence-corrected chi connectivity index (χ3v) is 5.64. The number of carbonyl (C=O) groups is 1. The van der Waals surface area contributed by atoms with Gasteiger partial charge in [-0.05, 0) is 43.4 Å². The van der Waals surface area contributed by atoms with Gasteiger partial charge in [-0.1, -0.05) is 0 Å². The van der Waals surface area contributed by atoms with Gasteiger partial charge < -0.3 is 19.5 Å². The summed E-state index contributed by atoms with van der Waals surface area (Å²) in [6.45, 7) is 0. The standard InChI is InChI=1S/C19H20N2O4S/c1-23-14-8-11(9-15(24-2)17(14)25-3)18(22)21-19-13(10-20)12-6-4-5-7-16(12)26-19/h8-9H,4-7H2,1-3H3,(H,21,22). The highest BCUT2D eigenvalue weighted by Crippen LogP contribution is 2.40. The summed E-state index contributed by atoms with van der Waals surface area (Å²) in [5.74, 6) is 0.918. The number of thiophene rings is 1. The van der Waals surface area contributed by atoms with Gasteiger partial charge in [0.15, 0.2) is 11.5 Å². The average Bonchev–Trinajstić information content (AvgIpc) is 3.03. The number of anilines is 1. The minimum Gasteiger partial charge on any atom is -0.493 e.